The third-order valence-electron chi connectivity index (χ3n) is 6.45. The summed E-state index contributed by atoms with van der Waals surface area (Å²) >= 11 is 0. The number of hydrogen-bond donors (Lipinski definition) is 5. The van der Waals surface area contributed by atoms with E-state index < -0.39 is 12.1 Å². The molecule has 7 heteroatoms. The van der Waals surface area contributed by atoms with Gasteiger partial charge in [0.05, 0.1) is 12.7 Å². The molecule has 222 valence electrons. The van der Waals surface area contributed by atoms with Crippen LogP contribution in [0.15, 0.2) is 84.9 Å². The van der Waals surface area contributed by atoms with Crippen molar-refractivity contribution in [2.75, 3.05) is 26.3 Å². The first-order valence-corrected chi connectivity index (χ1v) is 14.4. The zero-order valence-electron chi connectivity index (χ0n) is 23.8. The quantitative estimate of drug-likeness (QED) is 0.0967. The number of phenols is 1. The lowest BCUT2D eigenvalue weighted by molar-refractivity contribution is -0.131. The van der Waals surface area contributed by atoms with E-state index in [1.165, 1.54) is 18.1 Å². The van der Waals surface area contributed by atoms with Crippen molar-refractivity contribution >= 4 is 12.0 Å². The van der Waals surface area contributed by atoms with Crippen LogP contribution in [0.4, 0.5) is 0 Å². The highest BCUT2D eigenvalue weighted by molar-refractivity contribution is 5.85. The lowest BCUT2D eigenvalue weighted by Gasteiger charge is -2.14. The Balaban J connectivity index is 0.000000446. The standard InChI is InChI=1S/C25H37NO4.C9H8O2/c27-20-23-18-22(13-14-24(23)28)25(29)19-26-15-7-1-2-8-16-30-17-9-6-12-21-10-4-3-5-11-21;10-9(11)7-6-8-4-2-1-3-5-8/h3-5,10-11,13-14,18,25-29H,1-2,6-9,12,15-17,19-20H2;1-7H,(H,10,11)/b;7-6+. The summed E-state index contributed by atoms with van der Waals surface area (Å²) in [4.78, 5) is 10.1. The molecule has 3 aromatic rings. The first-order chi connectivity index (χ1) is 20.0. The number of carboxylic acids is 1. The van der Waals surface area contributed by atoms with Crippen LogP contribution in [-0.2, 0) is 22.6 Å². The molecule has 5 N–H and O–H groups in total. The topological polar surface area (TPSA) is 119 Å². The van der Waals surface area contributed by atoms with Crippen LogP contribution >= 0.6 is 0 Å². The summed E-state index contributed by atoms with van der Waals surface area (Å²) in [6.45, 7) is 2.77. The molecule has 41 heavy (non-hydrogen) atoms. The number of rotatable bonds is 18. The van der Waals surface area contributed by atoms with Crippen LogP contribution in [0.25, 0.3) is 6.08 Å². The molecular weight excluding hydrogens is 518 g/mol. The normalized spacial score (nSPS) is 11.7. The molecule has 0 aliphatic heterocycles. The number of aryl methyl sites for hydroxylation is 1. The minimum absolute atomic E-state index is 0.0533. The largest absolute Gasteiger partial charge is 0.508 e. The van der Waals surface area contributed by atoms with Crippen LogP contribution < -0.4 is 5.32 Å². The van der Waals surface area contributed by atoms with E-state index in [0.29, 0.717) is 17.7 Å². The summed E-state index contributed by atoms with van der Waals surface area (Å²) in [6.07, 6.45) is 9.92. The van der Waals surface area contributed by atoms with Crippen molar-refractivity contribution in [2.45, 2.75) is 57.7 Å². The minimum atomic E-state index is -0.922. The highest BCUT2D eigenvalue weighted by Gasteiger charge is 2.09. The molecule has 0 spiro atoms. The van der Waals surface area contributed by atoms with Crippen molar-refractivity contribution < 1.29 is 30.0 Å². The Morgan fingerprint density at radius 2 is 1.51 bits per heavy atom. The van der Waals surface area contributed by atoms with E-state index in [4.69, 9.17) is 9.84 Å². The van der Waals surface area contributed by atoms with Crippen LogP contribution in [0.2, 0.25) is 0 Å². The van der Waals surface area contributed by atoms with Crippen molar-refractivity contribution in [2.24, 2.45) is 0 Å². The molecule has 0 aliphatic rings. The third-order valence-corrected chi connectivity index (χ3v) is 6.45. The number of aliphatic hydroxyl groups is 2. The fourth-order valence-corrected chi connectivity index (χ4v) is 4.12. The highest BCUT2D eigenvalue weighted by atomic mass is 16.5. The molecule has 7 nitrogen and oxygen atoms in total. The van der Waals surface area contributed by atoms with E-state index in [9.17, 15) is 20.1 Å². The third kappa shape index (κ3) is 15.8. The number of aromatic hydroxyl groups is 1. The summed E-state index contributed by atoms with van der Waals surface area (Å²) < 4.78 is 5.72. The molecule has 0 aromatic heterocycles. The van der Waals surface area contributed by atoms with Gasteiger partial charge in [-0.3, -0.25) is 0 Å². The van der Waals surface area contributed by atoms with Gasteiger partial charge in [-0.2, -0.15) is 0 Å². The van der Waals surface area contributed by atoms with Crippen molar-refractivity contribution in [3.63, 3.8) is 0 Å². The van der Waals surface area contributed by atoms with E-state index in [2.05, 4.69) is 35.6 Å². The predicted molar refractivity (Wildman–Crippen MR) is 164 cm³/mol. The molecule has 0 heterocycles. The summed E-state index contributed by atoms with van der Waals surface area (Å²) in [5.41, 5.74) is 3.43. The van der Waals surface area contributed by atoms with E-state index in [1.54, 1.807) is 18.2 Å². The van der Waals surface area contributed by atoms with Crippen molar-refractivity contribution in [1.29, 1.82) is 0 Å². The summed E-state index contributed by atoms with van der Waals surface area (Å²) in [6, 6.07) is 24.7. The number of aliphatic hydroxyl groups excluding tert-OH is 2. The molecule has 0 bridgehead atoms. The Labute approximate surface area is 244 Å². The zero-order chi connectivity index (χ0) is 29.5. The van der Waals surface area contributed by atoms with Crippen molar-refractivity contribution in [3.05, 3.63) is 107 Å². The number of aliphatic carboxylic acids is 1. The Bertz CT molecular complexity index is 1120. The lowest BCUT2D eigenvalue weighted by atomic mass is 10.1. The molecule has 0 amide bonds. The Morgan fingerprint density at radius 1 is 0.854 bits per heavy atom. The van der Waals surface area contributed by atoms with Gasteiger partial charge >= 0.3 is 5.97 Å². The number of carboxylic acid groups (broad SMARTS) is 1. The van der Waals surface area contributed by atoms with Gasteiger partial charge in [-0.1, -0.05) is 79.6 Å². The molecule has 3 aromatic carbocycles. The smallest absolute Gasteiger partial charge is 0.328 e. The van der Waals surface area contributed by atoms with Gasteiger partial charge in [0.1, 0.15) is 5.75 Å². The fraction of sp³-hybridized carbons (Fsp3) is 0.382. The Morgan fingerprint density at radius 3 is 2.20 bits per heavy atom. The van der Waals surface area contributed by atoms with E-state index in [-0.39, 0.29) is 12.4 Å². The first-order valence-electron chi connectivity index (χ1n) is 14.4. The van der Waals surface area contributed by atoms with Crippen LogP contribution in [-0.4, -0.2) is 52.7 Å². The van der Waals surface area contributed by atoms with Gasteiger partial charge in [0.25, 0.3) is 0 Å². The molecule has 0 aliphatic carbocycles. The SMILES string of the molecule is O=C(O)/C=C/c1ccccc1.OCc1cc(C(O)CNCCCCCCOCCCCc2ccccc2)ccc1O. The van der Waals surface area contributed by atoms with E-state index in [0.717, 1.165) is 69.9 Å². The Hall–Kier alpha value is -3.49. The molecule has 0 fully saturated rings. The Kier molecular flexibility index (Phi) is 17.5. The second-order valence-electron chi connectivity index (χ2n) is 9.82. The number of unbranched alkanes of at least 4 members (excludes halogenated alkanes) is 4. The summed E-state index contributed by atoms with van der Waals surface area (Å²) in [7, 11) is 0. The number of benzene rings is 3. The second-order valence-corrected chi connectivity index (χ2v) is 9.82. The molecular formula is C34H45NO6. The molecule has 1 unspecified atom stereocenters. The summed E-state index contributed by atoms with van der Waals surface area (Å²) in [5.74, 6) is -0.869. The van der Waals surface area contributed by atoms with Gasteiger partial charge in [-0.25, -0.2) is 4.79 Å². The molecule has 3 rings (SSSR count). The maximum Gasteiger partial charge on any atom is 0.328 e. The maximum atomic E-state index is 10.2. The van der Waals surface area contributed by atoms with Gasteiger partial charge in [0.15, 0.2) is 0 Å². The molecule has 0 saturated heterocycles. The summed E-state index contributed by atoms with van der Waals surface area (Å²) in [5, 5.41) is 40.5. The molecule has 0 radical (unpaired) electrons. The maximum absolute atomic E-state index is 10.2. The van der Waals surface area contributed by atoms with Gasteiger partial charge in [0, 0.05) is 31.4 Å². The van der Waals surface area contributed by atoms with Gasteiger partial charge < -0.3 is 30.5 Å². The number of carbonyl (C=O) groups is 1. The number of nitrogens with one attached hydrogen (secondary N) is 1. The van der Waals surface area contributed by atoms with Gasteiger partial charge in [0.2, 0.25) is 0 Å². The van der Waals surface area contributed by atoms with Crippen LogP contribution in [0, 0.1) is 0 Å². The number of hydrogen-bond acceptors (Lipinski definition) is 6. The van der Waals surface area contributed by atoms with Crippen LogP contribution in [0.5, 0.6) is 5.75 Å². The average Bonchev–Trinajstić information content (AvgIpc) is 3.00. The monoisotopic (exact) mass is 563 g/mol. The van der Waals surface area contributed by atoms with Crippen molar-refractivity contribution in [3.8, 4) is 5.75 Å². The predicted octanol–water partition coefficient (Wildman–Crippen LogP) is 5.89. The van der Waals surface area contributed by atoms with Gasteiger partial charge in [-0.15, -0.1) is 0 Å². The fourth-order valence-electron chi connectivity index (χ4n) is 4.12. The van der Waals surface area contributed by atoms with Crippen LogP contribution in [0.3, 0.4) is 0 Å². The number of ether oxygens (including phenoxy) is 1. The molecule has 1 atom stereocenters. The van der Waals surface area contributed by atoms with Crippen LogP contribution in [0.1, 0.15) is 66.9 Å². The van der Waals surface area contributed by atoms with Gasteiger partial charge in [-0.05, 0) is 73.5 Å². The molecule has 0 saturated carbocycles. The minimum Gasteiger partial charge on any atom is -0.508 e. The lowest BCUT2D eigenvalue weighted by Crippen LogP contribution is -2.22. The first kappa shape index (κ1) is 33.7. The van der Waals surface area contributed by atoms with E-state index >= 15 is 0 Å². The zero-order valence-corrected chi connectivity index (χ0v) is 23.8. The average molecular weight is 564 g/mol. The highest BCUT2D eigenvalue weighted by Crippen LogP contribution is 2.22. The van der Waals surface area contributed by atoms with E-state index in [1.807, 2.05) is 30.3 Å². The van der Waals surface area contributed by atoms with Crippen molar-refractivity contribution in [1.82, 2.24) is 5.32 Å². The second kappa shape index (κ2) is 21.3.